The van der Waals surface area contributed by atoms with Crippen molar-refractivity contribution in [2.45, 2.75) is 25.3 Å². The molecule has 0 radical (unpaired) electrons. The summed E-state index contributed by atoms with van der Waals surface area (Å²) in [4.78, 5) is 26.1. The van der Waals surface area contributed by atoms with Crippen molar-refractivity contribution in [2.24, 2.45) is 11.7 Å². The third-order valence-electron chi connectivity index (χ3n) is 6.16. The molecule has 1 saturated heterocycles. The van der Waals surface area contributed by atoms with Crippen LogP contribution in [-0.4, -0.2) is 50.3 Å². The number of carbonyl (C=O) groups excluding carboxylic acids is 2. The number of nitrogens with zero attached hydrogens (tertiary/aromatic N) is 1. The Morgan fingerprint density at radius 1 is 1.14 bits per heavy atom. The zero-order valence-electron chi connectivity index (χ0n) is 19.4. The molecule has 1 atom stereocenters. The molecule has 0 saturated carbocycles. The number of halogens is 3. The first-order chi connectivity index (χ1) is 16.7. The van der Waals surface area contributed by atoms with E-state index in [2.05, 4.69) is 10.2 Å². The van der Waals surface area contributed by atoms with E-state index in [9.17, 15) is 9.59 Å². The second-order valence-electron chi connectivity index (χ2n) is 8.40. The molecule has 3 rings (SSSR count). The van der Waals surface area contributed by atoms with E-state index in [0.717, 1.165) is 31.5 Å². The molecule has 1 aliphatic rings. The molecule has 1 aliphatic heterocycles. The molecule has 0 aliphatic carbocycles. The molecule has 11 heteroatoms. The van der Waals surface area contributed by atoms with Gasteiger partial charge in [-0.1, -0.05) is 40.9 Å². The van der Waals surface area contributed by atoms with Gasteiger partial charge in [0.2, 0.25) is 0 Å². The number of methoxy groups -OCH3 is 1. The summed E-state index contributed by atoms with van der Waals surface area (Å²) >= 11 is 18.6. The molecule has 5 N–H and O–H groups in total. The fourth-order valence-corrected chi connectivity index (χ4v) is 4.99. The molecule has 2 amide bonds. The molecule has 1 heterocycles. The number of nitrogen functional groups attached to an aromatic ring is 1. The number of anilines is 1. The van der Waals surface area contributed by atoms with Crippen LogP contribution in [0, 0.1) is 5.92 Å². The first kappa shape index (κ1) is 27.2. The minimum Gasteiger partial charge on any atom is -0.496 e. The van der Waals surface area contributed by atoms with Crippen LogP contribution in [0.5, 0.6) is 5.75 Å². The average molecular weight is 544 g/mol. The van der Waals surface area contributed by atoms with E-state index in [1.54, 1.807) is 18.2 Å². The second-order valence-corrected chi connectivity index (χ2v) is 9.65. The Morgan fingerprint density at radius 3 is 2.49 bits per heavy atom. The van der Waals surface area contributed by atoms with Gasteiger partial charge in [0.15, 0.2) is 0 Å². The summed E-state index contributed by atoms with van der Waals surface area (Å²) in [6.45, 7) is 2.28. The standard InChI is InChI=1S/C24H29Cl3N4O4/c1-34-22-12-20(28)19(27)11-17(22)23(32)30-13-14-4-7-31(8-5-14)21(6-9-35-24(29)33)16-3-2-15(25)10-18(16)26/h2-3,10-12,14,21H,4-9,13,28H2,1H3,(H2,29,33)(H,30,32). The number of carbonyl (C=O) groups is 2. The fraction of sp³-hybridized carbons (Fsp3) is 0.417. The number of ether oxygens (including phenoxy) is 2. The minimum absolute atomic E-state index is 0.0594. The quantitative estimate of drug-likeness (QED) is 0.387. The highest BCUT2D eigenvalue weighted by Gasteiger charge is 2.28. The van der Waals surface area contributed by atoms with E-state index < -0.39 is 6.09 Å². The second kappa shape index (κ2) is 12.5. The van der Waals surface area contributed by atoms with Gasteiger partial charge < -0.3 is 26.3 Å². The molecular weight excluding hydrogens is 515 g/mol. The number of nitrogens with two attached hydrogens (primary N) is 2. The highest BCUT2D eigenvalue weighted by atomic mass is 35.5. The third-order valence-corrected chi connectivity index (χ3v) is 7.05. The van der Waals surface area contributed by atoms with Crippen LogP contribution < -0.4 is 21.5 Å². The molecule has 35 heavy (non-hydrogen) atoms. The summed E-state index contributed by atoms with van der Waals surface area (Å²) in [6.07, 6.45) is 1.49. The molecule has 1 unspecified atom stereocenters. The lowest BCUT2D eigenvalue weighted by Gasteiger charge is -2.38. The van der Waals surface area contributed by atoms with Crippen LogP contribution in [-0.2, 0) is 4.74 Å². The zero-order valence-corrected chi connectivity index (χ0v) is 21.6. The number of piperidine rings is 1. The maximum Gasteiger partial charge on any atom is 0.404 e. The largest absolute Gasteiger partial charge is 0.496 e. The highest BCUT2D eigenvalue weighted by Crippen LogP contribution is 2.35. The van der Waals surface area contributed by atoms with Gasteiger partial charge in [-0.3, -0.25) is 9.69 Å². The lowest BCUT2D eigenvalue weighted by molar-refractivity contribution is 0.0885. The van der Waals surface area contributed by atoms with Crippen molar-refractivity contribution in [1.29, 1.82) is 0 Å². The van der Waals surface area contributed by atoms with Crippen molar-refractivity contribution in [3.05, 3.63) is 56.5 Å². The summed E-state index contributed by atoms with van der Waals surface area (Å²) in [5.74, 6) is 0.411. The van der Waals surface area contributed by atoms with Gasteiger partial charge >= 0.3 is 6.09 Å². The number of nitrogens with one attached hydrogen (secondary N) is 1. The normalized spacial score (nSPS) is 15.4. The van der Waals surface area contributed by atoms with Crippen molar-refractivity contribution in [1.82, 2.24) is 10.2 Å². The Morgan fingerprint density at radius 2 is 1.86 bits per heavy atom. The molecule has 2 aromatic rings. The molecule has 0 aromatic heterocycles. The maximum absolute atomic E-state index is 12.7. The summed E-state index contributed by atoms with van der Waals surface area (Å²) in [7, 11) is 1.48. The molecule has 1 fully saturated rings. The van der Waals surface area contributed by atoms with Gasteiger partial charge in [-0.25, -0.2) is 4.79 Å². The van der Waals surface area contributed by atoms with Crippen LogP contribution in [0.1, 0.15) is 41.2 Å². The molecular formula is C24H29Cl3N4O4. The summed E-state index contributed by atoms with van der Waals surface area (Å²) in [6, 6.07) is 8.40. The van der Waals surface area contributed by atoms with Gasteiger partial charge in [-0.05, 0) is 55.6 Å². The SMILES string of the molecule is COc1cc(N)c(Cl)cc1C(=O)NCC1CCN(C(CCOC(N)=O)c2ccc(Cl)cc2Cl)CC1. The van der Waals surface area contributed by atoms with Gasteiger partial charge in [0.1, 0.15) is 5.75 Å². The van der Waals surface area contributed by atoms with Crippen LogP contribution in [0.15, 0.2) is 30.3 Å². The van der Waals surface area contributed by atoms with Crippen LogP contribution in [0.2, 0.25) is 15.1 Å². The van der Waals surface area contributed by atoms with Crippen molar-refractivity contribution in [2.75, 3.05) is 39.1 Å². The fourth-order valence-electron chi connectivity index (χ4n) is 4.29. The van der Waals surface area contributed by atoms with Crippen LogP contribution in [0.4, 0.5) is 10.5 Å². The molecule has 0 spiro atoms. The Labute approximate surface area is 219 Å². The topological polar surface area (TPSA) is 120 Å². The lowest BCUT2D eigenvalue weighted by Crippen LogP contribution is -2.41. The van der Waals surface area contributed by atoms with Gasteiger partial charge in [0.25, 0.3) is 5.91 Å². The third kappa shape index (κ3) is 7.30. The number of amides is 2. The molecule has 8 nitrogen and oxygen atoms in total. The number of hydrogen-bond acceptors (Lipinski definition) is 6. The van der Waals surface area contributed by atoms with E-state index in [-0.39, 0.29) is 18.6 Å². The molecule has 2 aromatic carbocycles. The first-order valence-electron chi connectivity index (χ1n) is 11.2. The van der Waals surface area contributed by atoms with Crippen LogP contribution >= 0.6 is 34.8 Å². The lowest BCUT2D eigenvalue weighted by atomic mass is 9.93. The monoisotopic (exact) mass is 542 g/mol. The van der Waals surface area contributed by atoms with E-state index in [1.165, 1.54) is 13.2 Å². The van der Waals surface area contributed by atoms with Gasteiger partial charge in [-0.15, -0.1) is 0 Å². The Hall–Kier alpha value is -2.39. The smallest absolute Gasteiger partial charge is 0.404 e. The average Bonchev–Trinajstić information content (AvgIpc) is 2.82. The number of rotatable bonds is 9. The van der Waals surface area contributed by atoms with Gasteiger partial charge in [-0.2, -0.15) is 0 Å². The summed E-state index contributed by atoms with van der Waals surface area (Å²) in [5.41, 5.74) is 12.5. The Kier molecular flexibility index (Phi) is 9.74. The van der Waals surface area contributed by atoms with Crippen molar-refractivity contribution in [3.8, 4) is 5.75 Å². The number of benzene rings is 2. The van der Waals surface area contributed by atoms with E-state index in [1.807, 2.05) is 6.07 Å². The number of likely N-dealkylation sites (tertiary alicyclic amines) is 1. The molecule has 190 valence electrons. The van der Waals surface area contributed by atoms with Gasteiger partial charge in [0.05, 0.1) is 30.0 Å². The minimum atomic E-state index is -0.806. The maximum atomic E-state index is 12.7. The van der Waals surface area contributed by atoms with Crippen LogP contribution in [0.25, 0.3) is 0 Å². The highest BCUT2D eigenvalue weighted by molar-refractivity contribution is 6.35. The van der Waals surface area contributed by atoms with Crippen molar-refractivity contribution in [3.63, 3.8) is 0 Å². The number of primary amides is 1. The first-order valence-corrected chi connectivity index (χ1v) is 12.4. The Balaban J connectivity index is 1.60. The van der Waals surface area contributed by atoms with E-state index in [4.69, 9.17) is 55.7 Å². The zero-order chi connectivity index (χ0) is 25.5. The predicted molar refractivity (Wildman–Crippen MR) is 138 cm³/mol. The predicted octanol–water partition coefficient (Wildman–Crippen LogP) is 4.91. The summed E-state index contributed by atoms with van der Waals surface area (Å²) in [5, 5.41) is 4.40. The van der Waals surface area contributed by atoms with Crippen molar-refractivity contribution >= 4 is 52.5 Å². The van der Waals surface area contributed by atoms with Gasteiger partial charge in [0, 0.05) is 35.1 Å². The Bertz CT molecular complexity index is 1060. The number of hydrogen-bond donors (Lipinski definition) is 3. The molecule has 0 bridgehead atoms. The van der Waals surface area contributed by atoms with Crippen LogP contribution in [0.3, 0.4) is 0 Å². The summed E-state index contributed by atoms with van der Waals surface area (Å²) < 4.78 is 10.3. The van der Waals surface area contributed by atoms with Crippen molar-refractivity contribution < 1.29 is 19.1 Å². The van der Waals surface area contributed by atoms with E-state index in [0.29, 0.717) is 51.0 Å². The van der Waals surface area contributed by atoms with E-state index >= 15 is 0 Å².